The summed E-state index contributed by atoms with van der Waals surface area (Å²) in [6, 6.07) is 0. The molecule has 4 nitrogen and oxygen atoms in total. The molecule has 0 aliphatic heterocycles. The maximum absolute atomic E-state index is 5.50. The van der Waals surface area contributed by atoms with E-state index in [1.54, 1.807) is 0 Å². The first kappa shape index (κ1) is 13.7. The van der Waals surface area contributed by atoms with Crippen molar-refractivity contribution < 1.29 is 4.52 Å². The minimum atomic E-state index is 0.274. The molecule has 1 aromatic heterocycles. The van der Waals surface area contributed by atoms with Crippen LogP contribution in [0.25, 0.3) is 5.57 Å². The van der Waals surface area contributed by atoms with Crippen LogP contribution < -0.4 is 5.73 Å². The summed E-state index contributed by atoms with van der Waals surface area (Å²) in [5.74, 6) is 1.79. The molecular weight excluding hydrogens is 238 g/mol. The Morgan fingerprint density at radius 3 is 2.79 bits per heavy atom. The van der Waals surface area contributed by atoms with Gasteiger partial charge in [-0.2, -0.15) is 4.98 Å². The Kier molecular flexibility index (Phi) is 4.68. The first-order valence-corrected chi connectivity index (χ1v) is 6.86. The fraction of sp³-hybridized carbons (Fsp3) is 0.467. The monoisotopic (exact) mass is 259 g/mol. The van der Waals surface area contributed by atoms with Crippen LogP contribution in [-0.2, 0) is 6.54 Å². The number of nitrogens with zero attached hydrogens (tertiary/aromatic N) is 2. The molecule has 2 rings (SSSR count). The molecular formula is C15H21N3O. The maximum atomic E-state index is 5.50. The van der Waals surface area contributed by atoms with Crippen molar-refractivity contribution in [1.82, 2.24) is 10.1 Å². The lowest BCUT2D eigenvalue weighted by molar-refractivity contribution is 0.378. The quantitative estimate of drug-likeness (QED) is 0.796. The van der Waals surface area contributed by atoms with Gasteiger partial charge in [0.25, 0.3) is 0 Å². The van der Waals surface area contributed by atoms with E-state index in [0.29, 0.717) is 17.6 Å². The van der Waals surface area contributed by atoms with Crippen LogP contribution in [0.15, 0.2) is 34.4 Å². The largest absolute Gasteiger partial charge is 0.338 e. The molecule has 1 aromatic rings. The smallest absolute Gasteiger partial charge is 0.240 e. The summed E-state index contributed by atoms with van der Waals surface area (Å²) in [4.78, 5) is 4.29. The second kappa shape index (κ2) is 6.48. The van der Waals surface area contributed by atoms with Crippen LogP contribution >= 0.6 is 0 Å². The Hall–Kier alpha value is -1.68. The molecule has 1 aliphatic rings. The molecule has 0 spiro atoms. The van der Waals surface area contributed by atoms with Gasteiger partial charge in [0.05, 0.1) is 6.54 Å². The van der Waals surface area contributed by atoms with E-state index in [1.165, 1.54) is 18.4 Å². The summed E-state index contributed by atoms with van der Waals surface area (Å²) < 4.78 is 5.08. The highest BCUT2D eigenvalue weighted by atomic mass is 16.5. The number of hydrogen-bond acceptors (Lipinski definition) is 4. The second-order valence-electron chi connectivity index (χ2n) is 4.70. The fourth-order valence-electron chi connectivity index (χ4n) is 2.00. The van der Waals surface area contributed by atoms with Crippen molar-refractivity contribution in [3.05, 3.63) is 41.6 Å². The van der Waals surface area contributed by atoms with Crippen LogP contribution in [0, 0.1) is 5.92 Å². The molecule has 0 amide bonds. The summed E-state index contributed by atoms with van der Waals surface area (Å²) in [6.45, 7) is 4.42. The van der Waals surface area contributed by atoms with E-state index in [4.69, 9.17) is 10.3 Å². The number of aromatic nitrogens is 2. The van der Waals surface area contributed by atoms with Gasteiger partial charge in [-0.3, -0.25) is 0 Å². The SMILES string of the molecule is C\C=C/C(=C\C(=C\CC)C1CC1)c1noc(CN)n1. The van der Waals surface area contributed by atoms with Gasteiger partial charge in [0.15, 0.2) is 0 Å². The number of hydrogen-bond donors (Lipinski definition) is 1. The molecule has 1 saturated carbocycles. The second-order valence-corrected chi connectivity index (χ2v) is 4.70. The normalized spacial score (nSPS) is 17.4. The van der Waals surface area contributed by atoms with E-state index in [0.717, 1.165) is 12.0 Å². The summed E-state index contributed by atoms with van der Waals surface area (Å²) >= 11 is 0. The Labute approximate surface area is 114 Å². The Balaban J connectivity index is 2.30. The molecule has 1 aliphatic carbocycles. The summed E-state index contributed by atoms with van der Waals surface area (Å²) in [5.41, 5.74) is 7.87. The molecule has 1 heterocycles. The summed E-state index contributed by atoms with van der Waals surface area (Å²) in [7, 11) is 0. The Morgan fingerprint density at radius 1 is 1.47 bits per heavy atom. The van der Waals surface area contributed by atoms with Gasteiger partial charge < -0.3 is 10.3 Å². The van der Waals surface area contributed by atoms with Crippen LogP contribution in [0.5, 0.6) is 0 Å². The molecule has 0 atom stereocenters. The number of nitrogens with two attached hydrogens (primary N) is 1. The summed E-state index contributed by atoms with van der Waals surface area (Å²) in [5, 5.41) is 3.99. The van der Waals surface area contributed by atoms with Crippen LogP contribution in [0.2, 0.25) is 0 Å². The van der Waals surface area contributed by atoms with Gasteiger partial charge in [-0.05, 0) is 43.8 Å². The molecule has 2 N–H and O–H groups in total. The lowest BCUT2D eigenvalue weighted by atomic mass is 10.1. The van der Waals surface area contributed by atoms with Gasteiger partial charge in [0, 0.05) is 5.57 Å². The minimum absolute atomic E-state index is 0.274. The maximum Gasteiger partial charge on any atom is 0.240 e. The van der Waals surface area contributed by atoms with Crippen LogP contribution in [-0.4, -0.2) is 10.1 Å². The van der Waals surface area contributed by atoms with E-state index < -0.39 is 0 Å². The molecule has 0 unspecified atom stereocenters. The summed E-state index contributed by atoms with van der Waals surface area (Å²) in [6.07, 6.45) is 12.1. The van der Waals surface area contributed by atoms with Gasteiger partial charge in [-0.15, -0.1) is 0 Å². The van der Waals surface area contributed by atoms with E-state index >= 15 is 0 Å². The molecule has 4 heteroatoms. The van der Waals surface area contributed by atoms with E-state index in [-0.39, 0.29) is 6.54 Å². The van der Waals surface area contributed by atoms with Gasteiger partial charge in [0.1, 0.15) is 0 Å². The third kappa shape index (κ3) is 3.64. The van der Waals surface area contributed by atoms with Gasteiger partial charge in [-0.25, -0.2) is 0 Å². The molecule has 1 fully saturated rings. The van der Waals surface area contributed by atoms with Gasteiger partial charge in [0.2, 0.25) is 11.7 Å². The Morgan fingerprint density at radius 2 is 2.26 bits per heavy atom. The average molecular weight is 259 g/mol. The molecule has 102 valence electrons. The van der Waals surface area contributed by atoms with Gasteiger partial charge in [-0.1, -0.05) is 30.3 Å². The topological polar surface area (TPSA) is 64.9 Å². The van der Waals surface area contributed by atoms with Crippen molar-refractivity contribution in [2.45, 2.75) is 39.7 Å². The van der Waals surface area contributed by atoms with Crippen LogP contribution in [0.1, 0.15) is 44.8 Å². The highest BCUT2D eigenvalue weighted by Gasteiger charge is 2.24. The van der Waals surface area contributed by atoms with Crippen molar-refractivity contribution in [3.8, 4) is 0 Å². The zero-order chi connectivity index (χ0) is 13.7. The standard InChI is InChI=1S/C15H21N3O/c1-3-5-12(11-7-8-11)9-13(6-4-2)15-17-14(10-16)19-18-15/h4-6,9,11H,3,7-8,10,16H2,1-2H3/b6-4-,12-5-,13-9+. The molecule has 0 aromatic carbocycles. The van der Waals surface area contributed by atoms with Crippen molar-refractivity contribution in [1.29, 1.82) is 0 Å². The highest BCUT2D eigenvalue weighted by Crippen LogP contribution is 2.38. The van der Waals surface area contributed by atoms with Crippen molar-refractivity contribution in [2.75, 3.05) is 0 Å². The molecule has 0 radical (unpaired) electrons. The zero-order valence-electron chi connectivity index (χ0n) is 11.6. The third-order valence-corrected chi connectivity index (χ3v) is 3.06. The fourth-order valence-corrected chi connectivity index (χ4v) is 2.00. The molecule has 0 saturated heterocycles. The third-order valence-electron chi connectivity index (χ3n) is 3.06. The van der Waals surface area contributed by atoms with E-state index in [9.17, 15) is 0 Å². The highest BCUT2D eigenvalue weighted by molar-refractivity contribution is 5.72. The zero-order valence-corrected chi connectivity index (χ0v) is 11.6. The average Bonchev–Trinajstić information content (AvgIpc) is 3.15. The van der Waals surface area contributed by atoms with Crippen molar-refractivity contribution in [2.24, 2.45) is 11.7 Å². The predicted molar refractivity (Wildman–Crippen MR) is 76.1 cm³/mol. The van der Waals surface area contributed by atoms with Crippen molar-refractivity contribution >= 4 is 5.57 Å². The molecule has 0 bridgehead atoms. The molecule has 19 heavy (non-hydrogen) atoms. The first-order valence-electron chi connectivity index (χ1n) is 6.86. The van der Waals surface area contributed by atoms with E-state index in [1.807, 2.05) is 19.1 Å². The Bertz CT molecular complexity index is 507. The van der Waals surface area contributed by atoms with E-state index in [2.05, 4.69) is 29.2 Å². The lowest BCUT2D eigenvalue weighted by Crippen LogP contribution is -1.96. The predicted octanol–water partition coefficient (Wildman–Crippen LogP) is 3.23. The van der Waals surface area contributed by atoms with Crippen molar-refractivity contribution in [3.63, 3.8) is 0 Å². The number of allylic oxidation sites excluding steroid dienone is 6. The lowest BCUT2D eigenvalue weighted by Gasteiger charge is -2.01. The van der Waals surface area contributed by atoms with Gasteiger partial charge >= 0.3 is 0 Å². The first-order chi connectivity index (χ1) is 9.28. The van der Waals surface area contributed by atoms with Crippen LogP contribution in [0.3, 0.4) is 0 Å². The van der Waals surface area contributed by atoms with Crippen LogP contribution in [0.4, 0.5) is 0 Å². The number of rotatable bonds is 6. The minimum Gasteiger partial charge on any atom is -0.338 e.